The molecule has 2 amide bonds. The lowest BCUT2D eigenvalue weighted by molar-refractivity contribution is -0.134. The third kappa shape index (κ3) is 4.57. The summed E-state index contributed by atoms with van der Waals surface area (Å²) in [5.74, 6) is 0.795. The fraction of sp³-hybridized carbons (Fsp3) is 0.636. The number of anilines is 1. The van der Waals surface area contributed by atoms with E-state index in [9.17, 15) is 18.0 Å². The lowest BCUT2D eigenvalue weighted by Crippen LogP contribution is -2.50. The molecule has 0 saturated carbocycles. The maximum Gasteiger partial charge on any atom is 0.265 e. The standard InChI is InChI=1S/C22H31N3O5S/c1-16-10-17(2)13-23(12-16)21(26)14-25-19-11-18(6-7-20(19)30-15-22(25)27)31(28,29)24-8-4-3-5-9-24/h6-7,11,16-17H,3-5,8-10,12-15H2,1-2H3/t16-,17-/m0/s1. The number of piperidine rings is 2. The van der Waals surface area contributed by atoms with Gasteiger partial charge in [0.1, 0.15) is 12.3 Å². The highest BCUT2D eigenvalue weighted by atomic mass is 32.2. The molecule has 3 aliphatic heterocycles. The predicted octanol–water partition coefficient (Wildman–Crippen LogP) is 2.09. The van der Waals surface area contributed by atoms with Crippen LogP contribution in [-0.4, -0.2) is 68.8 Å². The van der Waals surface area contributed by atoms with Crippen LogP contribution < -0.4 is 9.64 Å². The Balaban J connectivity index is 1.59. The number of ether oxygens (including phenoxy) is 1. The minimum absolute atomic E-state index is 0.109. The molecule has 31 heavy (non-hydrogen) atoms. The lowest BCUT2D eigenvalue weighted by atomic mass is 9.92. The molecule has 3 heterocycles. The SMILES string of the molecule is C[C@H]1C[C@H](C)CN(C(=O)CN2C(=O)COc3ccc(S(=O)(=O)N4CCCCC4)cc32)C1. The van der Waals surface area contributed by atoms with Gasteiger partial charge in [-0.1, -0.05) is 20.3 Å². The number of nitrogens with zero attached hydrogens (tertiary/aromatic N) is 3. The fourth-order valence-electron chi connectivity index (χ4n) is 4.87. The van der Waals surface area contributed by atoms with Crippen molar-refractivity contribution in [2.24, 2.45) is 11.8 Å². The highest BCUT2D eigenvalue weighted by molar-refractivity contribution is 7.89. The summed E-state index contributed by atoms with van der Waals surface area (Å²) in [6, 6.07) is 4.58. The van der Waals surface area contributed by atoms with E-state index in [1.807, 2.05) is 4.90 Å². The Labute approximate surface area is 184 Å². The molecule has 0 bridgehead atoms. The van der Waals surface area contributed by atoms with E-state index in [4.69, 9.17) is 4.74 Å². The number of carbonyl (C=O) groups is 2. The summed E-state index contributed by atoms with van der Waals surface area (Å²) in [5, 5.41) is 0. The summed E-state index contributed by atoms with van der Waals surface area (Å²) in [4.78, 5) is 29.0. The second-order valence-corrected chi connectivity index (χ2v) is 11.0. The van der Waals surface area contributed by atoms with Crippen molar-refractivity contribution in [2.75, 3.05) is 44.2 Å². The zero-order valence-electron chi connectivity index (χ0n) is 18.2. The van der Waals surface area contributed by atoms with Crippen molar-refractivity contribution in [1.29, 1.82) is 0 Å². The van der Waals surface area contributed by atoms with Crippen molar-refractivity contribution in [2.45, 2.75) is 44.4 Å². The molecule has 2 saturated heterocycles. The van der Waals surface area contributed by atoms with Crippen LogP contribution in [0.5, 0.6) is 5.75 Å². The number of sulfonamides is 1. The summed E-state index contributed by atoms with van der Waals surface area (Å²) < 4.78 is 33.2. The molecular formula is C22H31N3O5S. The third-order valence-corrected chi connectivity index (χ3v) is 8.24. The van der Waals surface area contributed by atoms with Gasteiger partial charge in [-0.15, -0.1) is 0 Å². The van der Waals surface area contributed by atoms with Crippen molar-refractivity contribution in [3.63, 3.8) is 0 Å². The Hall–Kier alpha value is -2.13. The van der Waals surface area contributed by atoms with Gasteiger partial charge in [0.15, 0.2) is 6.61 Å². The Bertz CT molecular complexity index is 948. The highest BCUT2D eigenvalue weighted by Crippen LogP contribution is 2.35. The van der Waals surface area contributed by atoms with E-state index >= 15 is 0 Å². The van der Waals surface area contributed by atoms with Gasteiger partial charge < -0.3 is 9.64 Å². The molecule has 2 fully saturated rings. The Kier molecular flexibility index (Phi) is 6.25. The molecule has 0 aromatic heterocycles. The summed E-state index contributed by atoms with van der Waals surface area (Å²) in [7, 11) is -3.66. The van der Waals surface area contributed by atoms with Gasteiger partial charge in [0.2, 0.25) is 15.9 Å². The van der Waals surface area contributed by atoms with Crippen LogP contribution in [0.25, 0.3) is 0 Å². The van der Waals surface area contributed by atoms with Gasteiger partial charge in [0.05, 0.1) is 10.6 Å². The van der Waals surface area contributed by atoms with Crippen LogP contribution in [0.2, 0.25) is 0 Å². The van der Waals surface area contributed by atoms with E-state index in [0.717, 1.165) is 25.7 Å². The number of amides is 2. The summed E-state index contributed by atoms with van der Waals surface area (Å²) in [6.07, 6.45) is 3.81. The molecule has 0 radical (unpaired) electrons. The number of rotatable bonds is 4. The molecule has 4 rings (SSSR count). The van der Waals surface area contributed by atoms with Gasteiger partial charge in [-0.25, -0.2) is 8.42 Å². The minimum Gasteiger partial charge on any atom is -0.482 e. The number of likely N-dealkylation sites (tertiary alicyclic amines) is 1. The number of hydrogen-bond acceptors (Lipinski definition) is 5. The molecule has 1 aromatic rings. The van der Waals surface area contributed by atoms with Crippen LogP contribution in [0.1, 0.15) is 39.5 Å². The van der Waals surface area contributed by atoms with E-state index in [1.165, 1.54) is 21.3 Å². The van der Waals surface area contributed by atoms with Crippen molar-refractivity contribution in [3.8, 4) is 5.75 Å². The maximum absolute atomic E-state index is 13.1. The lowest BCUT2D eigenvalue weighted by Gasteiger charge is -2.37. The Morgan fingerprint density at radius 1 is 1.10 bits per heavy atom. The van der Waals surface area contributed by atoms with Gasteiger partial charge in [-0.05, 0) is 49.3 Å². The second kappa shape index (κ2) is 8.78. The van der Waals surface area contributed by atoms with Crippen LogP contribution in [0.15, 0.2) is 23.1 Å². The summed E-state index contributed by atoms with van der Waals surface area (Å²) in [5.41, 5.74) is 0.348. The first-order valence-electron chi connectivity index (χ1n) is 11.1. The van der Waals surface area contributed by atoms with E-state index in [2.05, 4.69) is 13.8 Å². The molecule has 170 valence electrons. The quantitative estimate of drug-likeness (QED) is 0.703. The molecule has 1 aromatic carbocycles. The summed E-state index contributed by atoms with van der Waals surface area (Å²) in [6.45, 7) is 6.35. The van der Waals surface area contributed by atoms with E-state index in [0.29, 0.717) is 49.5 Å². The molecule has 8 nitrogen and oxygen atoms in total. The van der Waals surface area contributed by atoms with Gasteiger partial charge in [0, 0.05) is 26.2 Å². The van der Waals surface area contributed by atoms with Crippen LogP contribution >= 0.6 is 0 Å². The topological polar surface area (TPSA) is 87.2 Å². The average molecular weight is 450 g/mol. The monoisotopic (exact) mass is 449 g/mol. The van der Waals surface area contributed by atoms with Gasteiger partial charge in [-0.2, -0.15) is 4.31 Å². The average Bonchev–Trinajstić information content (AvgIpc) is 2.75. The zero-order chi connectivity index (χ0) is 22.2. The molecule has 9 heteroatoms. The molecule has 0 spiro atoms. The molecular weight excluding hydrogens is 418 g/mol. The van der Waals surface area contributed by atoms with E-state index < -0.39 is 10.0 Å². The molecule has 0 aliphatic carbocycles. The van der Waals surface area contributed by atoms with Crippen molar-refractivity contribution >= 4 is 27.5 Å². The third-order valence-electron chi connectivity index (χ3n) is 6.34. The largest absolute Gasteiger partial charge is 0.482 e. The predicted molar refractivity (Wildman–Crippen MR) is 116 cm³/mol. The first kappa shape index (κ1) is 22.1. The van der Waals surface area contributed by atoms with Crippen molar-refractivity contribution < 1.29 is 22.7 Å². The Morgan fingerprint density at radius 3 is 2.45 bits per heavy atom. The summed E-state index contributed by atoms with van der Waals surface area (Å²) >= 11 is 0. The zero-order valence-corrected chi connectivity index (χ0v) is 19.1. The number of fused-ring (bicyclic) bond motifs is 1. The van der Waals surface area contributed by atoms with Gasteiger partial charge >= 0.3 is 0 Å². The number of benzene rings is 1. The second-order valence-electron chi connectivity index (χ2n) is 9.11. The van der Waals surface area contributed by atoms with Crippen LogP contribution in [0.4, 0.5) is 5.69 Å². The smallest absolute Gasteiger partial charge is 0.265 e. The molecule has 0 unspecified atom stereocenters. The van der Waals surface area contributed by atoms with Crippen LogP contribution in [0.3, 0.4) is 0 Å². The maximum atomic E-state index is 13.1. The number of carbonyl (C=O) groups excluding carboxylic acids is 2. The first-order chi connectivity index (χ1) is 14.8. The van der Waals surface area contributed by atoms with Crippen molar-refractivity contribution in [1.82, 2.24) is 9.21 Å². The van der Waals surface area contributed by atoms with E-state index in [1.54, 1.807) is 6.07 Å². The fourth-order valence-corrected chi connectivity index (χ4v) is 6.41. The van der Waals surface area contributed by atoms with Crippen molar-refractivity contribution in [3.05, 3.63) is 18.2 Å². The van der Waals surface area contributed by atoms with Crippen LogP contribution in [-0.2, 0) is 19.6 Å². The highest BCUT2D eigenvalue weighted by Gasteiger charge is 2.33. The Morgan fingerprint density at radius 2 is 1.77 bits per heavy atom. The first-order valence-corrected chi connectivity index (χ1v) is 12.5. The minimum atomic E-state index is -3.66. The normalized spacial score (nSPS) is 25.2. The molecule has 0 N–H and O–H groups in total. The number of hydrogen-bond donors (Lipinski definition) is 0. The molecule has 3 aliphatic rings. The molecule has 2 atom stereocenters. The van der Waals surface area contributed by atoms with Crippen LogP contribution in [0, 0.1) is 11.8 Å². The van der Waals surface area contributed by atoms with Gasteiger partial charge in [0.25, 0.3) is 5.91 Å². The van der Waals surface area contributed by atoms with Gasteiger partial charge in [-0.3, -0.25) is 14.5 Å². The van der Waals surface area contributed by atoms with E-state index in [-0.39, 0.29) is 29.9 Å².